The van der Waals surface area contributed by atoms with Crippen molar-refractivity contribution in [3.05, 3.63) is 0 Å². The quantitative estimate of drug-likeness (QED) is 0.438. The largest absolute Gasteiger partial charge is 0.465 e. The SMILES string of the molecule is CCOC(=O)C(SCCCCCC(C)(F)F)C(C)C. The zero-order valence-corrected chi connectivity index (χ0v) is 13.2. The summed E-state index contributed by atoms with van der Waals surface area (Å²) in [4.78, 5) is 11.7. The van der Waals surface area contributed by atoms with E-state index in [1.807, 2.05) is 13.8 Å². The van der Waals surface area contributed by atoms with E-state index >= 15 is 0 Å². The molecular formula is C14H26F2O2S. The van der Waals surface area contributed by atoms with Gasteiger partial charge in [-0.1, -0.05) is 20.3 Å². The van der Waals surface area contributed by atoms with Gasteiger partial charge in [-0.25, -0.2) is 8.78 Å². The molecular weight excluding hydrogens is 270 g/mol. The Morgan fingerprint density at radius 1 is 1.26 bits per heavy atom. The number of hydrogen-bond donors (Lipinski definition) is 0. The van der Waals surface area contributed by atoms with Gasteiger partial charge in [0.2, 0.25) is 5.92 Å². The molecule has 1 atom stereocenters. The summed E-state index contributed by atoms with van der Waals surface area (Å²) in [5.41, 5.74) is 0. The molecule has 0 heterocycles. The summed E-state index contributed by atoms with van der Waals surface area (Å²) in [6.45, 7) is 7.13. The van der Waals surface area contributed by atoms with Crippen molar-refractivity contribution >= 4 is 17.7 Å². The summed E-state index contributed by atoms with van der Waals surface area (Å²) in [5, 5.41) is -0.146. The van der Waals surface area contributed by atoms with Crippen molar-refractivity contribution in [3.8, 4) is 0 Å². The molecule has 5 heteroatoms. The van der Waals surface area contributed by atoms with Crippen LogP contribution in [0.25, 0.3) is 0 Å². The van der Waals surface area contributed by atoms with Crippen LogP contribution < -0.4 is 0 Å². The van der Waals surface area contributed by atoms with Crippen molar-refractivity contribution in [1.82, 2.24) is 0 Å². The number of unbranched alkanes of at least 4 members (excludes halogenated alkanes) is 2. The monoisotopic (exact) mass is 296 g/mol. The fourth-order valence-electron chi connectivity index (χ4n) is 1.68. The van der Waals surface area contributed by atoms with Gasteiger partial charge in [0.25, 0.3) is 0 Å². The molecule has 0 aliphatic heterocycles. The molecule has 19 heavy (non-hydrogen) atoms. The van der Waals surface area contributed by atoms with Gasteiger partial charge in [0.05, 0.1) is 6.61 Å². The number of hydrogen-bond acceptors (Lipinski definition) is 3. The Morgan fingerprint density at radius 2 is 1.89 bits per heavy atom. The van der Waals surface area contributed by atoms with Gasteiger partial charge in [-0.05, 0) is 38.4 Å². The smallest absolute Gasteiger partial charge is 0.319 e. The number of rotatable bonds is 10. The molecule has 2 nitrogen and oxygen atoms in total. The number of ether oxygens (including phenoxy) is 1. The van der Waals surface area contributed by atoms with Crippen LogP contribution >= 0.6 is 11.8 Å². The molecule has 114 valence electrons. The van der Waals surface area contributed by atoms with Gasteiger partial charge >= 0.3 is 5.97 Å². The van der Waals surface area contributed by atoms with E-state index in [-0.39, 0.29) is 23.6 Å². The lowest BCUT2D eigenvalue weighted by Crippen LogP contribution is -2.26. The lowest BCUT2D eigenvalue weighted by molar-refractivity contribution is -0.143. The van der Waals surface area contributed by atoms with E-state index in [0.29, 0.717) is 13.0 Å². The Balaban J connectivity index is 3.80. The Morgan fingerprint density at radius 3 is 2.37 bits per heavy atom. The molecule has 0 aromatic rings. The molecule has 0 fully saturated rings. The van der Waals surface area contributed by atoms with Crippen molar-refractivity contribution in [2.75, 3.05) is 12.4 Å². The minimum Gasteiger partial charge on any atom is -0.465 e. The van der Waals surface area contributed by atoms with Crippen molar-refractivity contribution in [3.63, 3.8) is 0 Å². The minimum atomic E-state index is -2.56. The van der Waals surface area contributed by atoms with Crippen LogP contribution in [-0.2, 0) is 9.53 Å². The summed E-state index contributed by atoms with van der Waals surface area (Å²) in [7, 11) is 0. The summed E-state index contributed by atoms with van der Waals surface area (Å²) in [6, 6.07) is 0. The van der Waals surface area contributed by atoms with Gasteiger partial charge in [0.1, 0.15) is 5.25 Å². The van der Waals surface area contributed by atoms with Crippen LogP contribution in [-0.4, -0.2) is 29.5 Å². The number of carbonyl (C=O) groups is 1. The van der Waals surface area contributed by atoms with E-state index < -0.39 is 5.92 Å². The first-order valence-electron chi connectivity index (χ1n) is 6.94. The number of thioether (sulfide) groups is 1. The maximum atomic E-state index is 12.6. The van der Waals surface area contributed by atoms with Gasteiger partial charge in [-0.3, -0.25) is 4.79 Å². The topological polar surface area (TPSA) is 26.3 Å². The third kappa shape index (κ3) is 10.2. The van der Waals surface area contributed by atoms with Crippen molar-refractivity contribution in [2.24, 2.45) is 5.92 Å². The predicted molar refractivity (Wildman–Crippen MR) is 76.8 cm³/mol. The van der Waals surface area contributed by atoms with Gasteiger partial charge in [-0.15, -0.1) is 11.8 Å². The third-order valence-corrected chi connectivity index (χ3v) is 4.30. The van der Waals surface area contributed by atoms with Crippen molar-refractivity contribution in [1.29, 1.82) is 0 Å². The van der Waals surface area contributed by atoms with Crippen molar-refractivity contribution in [2.45, 2.75) is 64.6 Å². The van der Waals surface area contributed by atoms with Crippen LogP contribution in [0.4, 0.5) is 8.78 Å². The highest BCUT2D eigenvalue weighted by Gasteiger charge is 2.23. The number of alkyl halides is 2. The average Bonchev–Trinajstić information content (AvgIpc) is 2.26. The summed E-state index contributed by atoms with van der Waals surface area (Å²) < 4.78 is 30.2. The van der Waals surface area contributed by atoms with Gasteiger partial charge < -0.3 is 4.74 Å². The van der Waals surface area contributed by atoms with Crippen LogP contribution in [0.3, 0.4) is 0 Å². The molecule has 0 aromatic carbocycles. The molecule has 0 saturated carbocycles. The van der Waals surface area contributed by atoms with E-state index in [4.69, 9.17) is 4.74 Å². The molecule has 0 bridgehead atoms. The van der Waals surface area contributed by atoms with Crippen LogP contribution in [0, 0.1) is 5.92 Å². The van der Waals surface area contributed by atoms with Crippen LogP contribution in [0.15, 0.2) is 0 Å². The number of carbonyl (C=O) groups excluding carboxylic acids is 1. The van der Waals surface area contributed by atoms with E-state index in [9.17, 15) is 13.6 Å². The second-order valence-electron chi connectivity index (χ2n) is 5.17. The second-order valence-corrected chi connectivity index (χ2v) is 6.42. The van der Waals surface area contributed by atoms with E-state index in [2.05, 4.69) is 0 Å². The van der Waals surface area contributed by atoms with E-state index in [1.54, 1.807) is 18.7 Å². The van der Waals surface area contributed by atoms with Gasteiger partial charge in [0.15, 0.2) is 0 Å². The Bertz CT molecular complexity index is 252. The zero-order valence-electron chi connectivity index (χ0n) is 12.4. The molecule has 0 N–H and O–H groups in total. The Hall–Kier alpha value is -0.320. The first-order chi connectivity index (χ1) is 8.78. The molecule has 0 aliphatic carbocycles. The highest BCUT2D eigenvalue weighted by Crippen LogP contribution is 2.24. The lowest BCUT2D eigenvalue weighted by Gasteiger charge is -2.18. The van der Waals surface area contributed by atoms with E-state index in [1.165, 1.54) is 0 Å². The highest BCUT2D eigenvalue weighted by atomic mass is 32.2. The molecule has 0 aliphatic rings. The third-order valence-electron chi connectivity index (χ3n) is 2.68. The number of halogens is 2. The fraction of sp³-hybridized carbons (Fsp3) is 0.929. The lowest BCUT2D eigenvalue weighted by atomic mass is 10.1. The average molecular weight is 296 g/mol. The Labute approximate surface area is 119 Å². The van der Waals surface area contributed by atoms with Crippen molar-refractivity contribution < 1.29 is 18.3 Å². The van der Waals surface area contributed by atoms with Crippen LogP contribution in [0.5, 0.6) is 0 Å². The zero-order chi connectivity index (χ0) is 14.9. The molecule has 0 spiro atoms. The normalized spacial score (nSPS) is 13.6. The standard InChI is InChI=1S/C14H26F2O2S/c1-5-18-13(17)12(11(2)3)19-10-8-6-7-9-14(4,15)16/h11-12H,5-10H2,1-4H3. The Kier molecular flexibility index (Phi) is 9.40. The summed E-state index contributed by atoms with van der Waals surface area (Å²) >= 11 is 1.57. The molecule has 0 saturated heterocycles. The minimum absolute atomic E-state index is 0.0524. The first-order valence-corrected chi connectivity index (χ1v) is 7.99. The highest BCUT2D eigenvalue weighted by molar-refractivity contribution is 8.00. The van der Waals surface area contributed by atoms with Crippen LogP contribution in [0.1, 0.15) is 53.4 Å². The predicted octanol–water partition coefficient (Wildman–Crippen LogP) is 4.52. The molecule has 0 amide bonds. The number of esters is 1. The molecule has 1 unspecified atom stereocenters. The van der Waals surface area contributed by atoms with Crippen LogP contribution in [0.2, 0.25) is 0 Å². The van der Waals surface area contributed by atoms with Gasteiger partial charge in [0, 0.05) is 6.42 Å². The van der Waals surface area contributed by atoms with Gasteiger partial charge in [-0.2, -0.15) is 0 Å². The maximum absolute atomic E-state index is 12.6. The second kappa shape index (κ2) is 9.56. The molecule has 0 rings (SSSR count). The first kappa shape index (κ1) is 18.7. The summed E-state index contributed by atoms with van der Waals surface area (Å²) in [6.07, 6.45) is 2.13. The fourth-order valence-corrected chi connectivity index (χ4v) is 2.90. The maximum Gasteiger partial charge on any atom is 0.319 e. The molecule has 0 aromatic heterocycles. The van der Waals surface area contributed by atoms with E-state index in [0.717, 1.165) is 25.5 Å². The summed E-state index contributed by atoms with van der Waals surface area (Å²) in [5.74, 6) is -1.68. The molecule has 0 radical (unpaired) electrons.